The summed E-state index contributed by atoms with van der Waals surface area (Å²) in [4.78, 5) is 28.3. The highest BCUT2D eigenvalue weighted by atomic mass is 16.6. The van der Waals surface area contributed by atoms with Gasteiger partial charge in [0.25, 0.3) is 5.56 Å². The third kappa shape index (κ3) is 3.03. The van der Waals surface area contributed by atoms with Crippen LogP contribution in [0.2, 0.25) is 0 Å². The first kappa shape index (κ1) is 14.2. The minimum atomic E-state index is -0.482. The molecule has 0 saturated carbocycles. The quantitative estimate of drug-likeness (QED) is 0.599. The maximum Gasteiger partial charge on any atom is 0.326 e. The molecule has 0 atom stereocenters. The van der Waals surface area contributed by atoms with Crippen LogP contribution in [-0.2, 0) is 20.8 Å². The monoisotopic (exact) mass is 276 g/mol. The molecule has 0 spiro atoms. The van der Waals surface area contributed by atoms with E-state index in [0.29, 0.717) is 23.3 Å². The number of aromatic nitrogens is 2. The zero-order valence-electron chi connectivity index (χ0n) is 11.5. The minimum Gasteiger partial charge on any atom is -0.462 e. The fourth-order valence-corrected chi connectivity index (χ4v) is 1.88. The molecular weight excluding hydrogens is 260 g/mol. The van der Waals surface area contributed by atoms with E-state index in [1.807, 2.05) is 6.07 Å². The predicted octanol–water partition coefficient (Wildman–Crippen LogP) is 0.895. The lowest BCUT2D eigenvalue weighted by atomic mass is 10.2. The molecule has 0 saturated heterocycles. The highest BCUT2D eigenvalue weighted by molar-refractivity contribution is 5.78. The van der Waals surface area contributed by atoms with Gasteiger partial charge in [0.05, 0.1) is 17.5 Å². The van der Waals surface area contributed by atoms with Gasteiger partial charge in [-0.15, -0.1) is 0 Å². The molecule has 20 heavy (non-hydrogen) atoms. The topological polar surface area (TPSA) is 70.4 Å². The lowest BCUT2D eigenvalue weighted by molar-refractivity contribution is -0.145. The van der Waals surface area contributed by atoms with E-state index in [1.54, 1.807) is 25.1 Å². The molecular formula is C14H16N2O4. The maximum atomic E-state index is 12.3. The van der Waals surface area contributed by atoms with Crippen LogP contribution in [0.1, 0.15) is 5.82 Å². The molecule has 0 radical (unpaired) electrons. The molecule has 1 aromatic heterocycles. The standard InChI is InChI=1S/C14H16N2O4/c1-10-15-12-6-4-3-5-11(12)14(18)16(10)9-13(17)20-8-7-19-2/h3-6H,7-9H2,1-2H3. The van der Waals surface area contributed by atoms with Crippen LogP contribution in [0.4, 0.5) is 0 Å². The minimum absolute atomic E-state index is 0.147. The second-order valence-corrected chi connectivity index (χ2v) is 4.28. The normalized spacial score (nSPS) is 10.7. The third-order valence-corrected chi connectivity index (χ3v) is 2.89. The first-order chi connectivity index (χ1) is 9.63. The van der Waals surface area contributed by atoms with Gasteiger partial charge in [0, 0.05) is 7.11 Å². The molecule has 0 aliphatic carbocycles. The molecule has 106 valence electrons. The van der Waals surface area contributed by atoms with Gasteiger partial charge in [-0.05, 0) is 19.1 Å². The van der Waals surface area contributed by atoms with Gasteiger partial charge in [-0.2, -0.15) is 0 Å². The molecule has 2 aromatic rings. The summed E-state index contributed by atoms with van der Waals surface area (Å²) in [5.41, 5.74) is 0.385. The Bertz CT molecular complexity index is 678. The van der Waals surface area contributed by atoms with E-state index in [1.165, 1.54) is 11.7 Å². The van der Waals surface area contributed by atoms with Crippen LogP contribution in [0.3, 0.4) is 0 Å². The SMILES string of the molecule is COCCOC(=O)Cn1c(C)nc2ccccc2c1=O. The number of carbonyl (C=O) groups excluding carboxylic acids is 1. The molecule has 0 bridgehead atoms. The van der Waals surface area contributed by atoms with Crippen LogP contribution in [0.25, 0.3) is 10.9 Å². The second kappa shape index (κ2) is 6.29. The van der Waals surface area contributed by atoms with Crippen molar-refractivity contribution in [3.8, 4) is 0 Å². The van der Waals surface area contributed by atoms with Crippen molar-refractivity contribution in [3.63, 3.8) is 0 Å². The summed E-state index contributed by atoms with van der Waals surface area (Å²) < 4.78 is 11.1. The van der Waals surface area contributed by atoms with Crippen molar-refractivity contribution in [3.05, 3.63) is 40.4 Å². The van der Waals surface area contributed by atoms with E-state index in [0.717, 1.165) is 0 Å². The van der Waals surface area contributed by atoms with Crippen LogP contribution < -0.4 is 5.56 Å². The number of fused-ring (bicyclic) bond motifs is 1. The number of aryl methyl sites for hydroxylation is 1. The number of hydrogen-bond acceptors (Lipinski definition) is 5. The number of methoxy groups -OCH3 is 1. The van der Waals surface area contributed by atoms with Crippen molar-refractivity contribution in [1.29, 1.82) is 0 Å². The van der Waals surface area contributed by atoms with Gasteiger partial charge >= 0.3 is 5.97 Å². The zero-order valence-corrected chi connectivity index (χ0v) is 11.5. The Morgan fingerprint density at radius 3 is 2.80 bits per heavy atom. The molecule has 0 N–H and O–H groups in total. The predicted molar refractivity (Wildman–Crippen MR) is 73.6 cm³/mol. The van der Waals surface area contributed by atoms with Crippen LogP contribution in [0.15, 0.2) is 29.1 Å². The zero-order chi connectivity index (χ0) is 14.5. The Morgan fingerprint density at radius 2 is 2.05 bits per heavy atom. The van der Waals surface area contributed by atoms with Crippen LogP contribution in [-0.4, -0.2) is 35.8 Å². The molecule has 1 aromatic carbocycles. The Morgan fingerprint density at radius 1 is 1.30 bits per heavy atom. The van der Waals surface area contributed by atoms with Gasteiger partial charge in [0.1, 0.15) is 19.0 Å². The Labute approximate surface area is 116 Å². The number of ether oxygens (including phenoxy) is 2. The van der Waals surface area contributed by atoms with E-state index in [2.05, 4.69) is 4.98 Å². The van der Waals surface area contributed by atoms with Crippen molar-refractivity contribution >= 4 is 16.9 Å². The number of hydrogen-bond donors (Lipinski definition) is 0. The molecule has 6 nitrogen and oxygen atoms in total. The summed E-state index contributed by atoms with van der Waals surface area (Å²) in [7, 11) is 1.52. The molecule has 6 heteroatoms. The largest absolute Gasteiger partial charge is 0.462 e. The van der Waals surface area contributed by atoms with E-state index in [-0.39, 0.29) is 18.7 Å². The molecule has 2 rings (SSSR count). The maximum absolute atomic E-state index is 12.3. The molecule has 0 aliphatic heterocycles. The summed E-state index contributed by atoms with van der Waals surface area (Å²) in [6.45, 7) is 2.04. The fraction of sp³-hybridized carbons (Fsp3) is 0.357. The summed E-state index contributed by atoms with van der Waals surface area (Å²) in [5.74, 6) is 0.00160. The molecule has 0 unspecified atom stereocenters. The van der Waals surface area contributed by atoms with E-state index in [4.69, 9.17) is 9.47 Å². The van der Waals surface area contributed by atoms with Crippen molar-refractivity contribution in [2.75, 3.05) is 20.3 Å². The van der Waals surface area contributed by atoms with E-state index < -0.39 is 5.97 Å². The number of esters is 1. The number of carbonyl (C=O) groups is 1. The summed E-state index contributed by atoms with van der Waals surface area (Å²) in [6, 6.07) is 7.04. The summed E-state index contributed by atoms with van der Waals surface area (Å²) in [6.07, 6.45) is 0. The molecule has 0 fully saturated rings. The third-order valence-electron chi connectivity index (χ3n) is 2.89. The lowest BCUT2D eigenvalue weighted by Gasteiger charge is -2.10. The first-order valence-corrected chi connectivity index (χ1v) is 6.24. The van der Waals surface area contributed by atoms with Gasteiger partial charge in [0.2, 0.25) is 0 Å². The van der Waals surface area contributed by atoms with E-state index >= 15 is 0 Å². The Hall–Kier alpha value is -2.21. The summed E-state index contributed by atoms with van der Waals surface area (Å²) >= 11 is 0. The first-order valence-electron chi connectivity index (χ1n) is 6.24. The number of para-hydroxylation sites is 1. The van der Waals surface area contributed by atoms with Crippen LogP contribution >= 0.6 is 0 Å². The van der Waals surface area contributed by atoms with Crippen molar-refractivity contribution in [2.45, 2.75) is 13.5 Å². The summed E-state index contributed by atoms with van der Waals surface area (Å²) in [5, 5.41) is 0.489. The fourth-order valence-electron chi connectivity index (χ4n) is 1.88. The van der Waals surface area contributed by atoms with Gasteiger partial charge < -0.3 is 9.47 Å². The second-order valence-electron chi connectivity index (χ2n) is 4.28. The smallest absolute Gasteiger partial charge is 0.326 e. The van der Waals surface area contributed by atoms with Gasteiger partial charge in [0.15, 0.2) is 0 Å². The highest BCUT2D eigenvalue weighted by Crippen LogP contribution is 2.07. The average Bonchev–Trinajstić information content (AvgIpc) is 2.44. The Kier molecular flexibility index (Phi) is 4.47. The van der Waals surface area contributed by atoms with E-state index in [9.17, 15) is 9.59 Å². The van der Waals surface area contributed by atoms with Crippen molar-refractivity contribution in [2.24, 2.45) is 0 Å². The van der Waals surface area contributed by atoms with Gasteiger partial charge in [-0.1, -0.05) is 12.1 Å². The molecule has 0 aliphatic rings. The molecule has 1 heterocycles. The lowest BCUT2D eigenvalue weighted by Crippen LogP contribution is -2.28. The molecule has 0 amide bonds. The van der Waals surface area contributed by atoms with Crippen LogP contribution in [0, 0.1) is 6.92 Å². The van der Waals surface area contributed by atoms with Gasteiger partial charge in [-0.3, -0.25) is 14.2 Å². The number of rotatable bonds is 5. The highest BCUT2D eigenvalue weighted by Gasteiger charge is 2.11. The van der Waals surface area contributed by atoms with Crippen LogP contribution in [0.5, 0.6) is 0 Å². The number of benzene rings is 1. The number of nitrogens with zero attached hydrogens (tertiary/aromatic N) is 2. The van der Waals surface area contributed by atoms with Crippen molar-refractivity contribution < 1.29 is 14.3 Å². The van der Waals surface area contributed by atoms with Gasteiger partial charge in [-0.25, -0.2) is 4.98 Å². The Balaban J connectivity index is 2.26. The average molecular weight is 276 g/mol. The van der Waals surface area contributed by atoms with Crippen molar-refractivity contribution in [1.82, 2.24) is 9.55 Å².